The van der Waals surface area contributed by atoms with Crippen LogP contribution in [0.25, 0.3) is 6.08 Å². The predicted molar refractivity (Wildman–Crippen MR) is 85.9 cm³/mol. The van der Waals surface area contributed by atoms with Crippen LogP contribution >= 0.6 is 22.9 Å². The Morgan fingerprint density at radius 2 is 1.95 bits per heavy atom. The van der Waals surface area contributed by atoms with Gasteiger partial charge in [0.2, 0.25) is 9.84 Å². The quantitative estimate of drug-likeness (QED) is 0.781. The third kappa shape index (κ3) is 3.53. The zero-order valence-corrected chi connectivity index (χ0v) is 13.6. The van der Waals surface area contributed by atoms with Gasteiger partial charge in [0.25, 0.3) is 0 Å². The molecular formula is C15H12ClNO2S2. The SMILES string of the molecule is CCc1ccc(/C=C(\C#N)S(=O)(=O)c2ccc(Cl)cc2)s1. The molecule has 0 radical (unpaired) electrons. The molecule has 21 heavy (non-hydrogen) atoms. The van der Waals surface area contributed by atoms with Gasteiger partial charge in [0.15, 0.2) is 4.91 Å². The van der Waals surface area contributed by atoms with Gasteiger partial charge >= 0.3 is 0 Å². The summed E-state index contributed by atoms with van der Waals surface area (Å²) < 4.78 is 24.9. The van der Waals surface area contributed by atoms with Crippen LogP contribution in [0.5, 0.6) is 0 Å². The highest BCUT2D eigenvalue weighted by atomic mass is 35.5. The molecule has 0 fully saturated rings. The molecule has 1 heterocycles. The average molecular weight is 338 g/mol. The van der Waals surface area contributed by atoms with E-state index in [2.05, 4.69) is 0 Å². The first-order valence-corrected chi connectivity index (χ1v) is 8.86. The lowest BCUT2D eigenvalue weighted by Gasteiger charge is -2.02. The lowest BCUT2D eigenvalue weighted by molar-refractivity contribution is 0.603. The second-order valence-corrected chi connectivity index (χ2v) is 7.79. The van der Waals surface area contributed by atoms with Gasteiger partial charge in [0.1, 0.15) is 6.07 Å². The van der Waals surface area contributed by atoms with Crippen LogP contribution in [0.3, 0.4) is 0 Å². The molecule has 0 saturated carbocycles. The van der Waals surface area contributed by atoms with Crippen molar-refractivity contribution in [3.63, 3.8) is 0 Å². The summed E-state index contributed by atoms with van der Waals surface area (Å²) >= 11 is 7.23. The monoisotopic (exact) mass is 337 g/mol. The molecule has 0 N–H and O–H groups in total. The van der Waals surface area contributed by atoms with Crippen molar-refractivity contribution in [1.29, 1.82) is 5.26 Å². The molecule has 0 atom stereocenters. The molecule has 2 rings (SSSR count). The van der Waals surface area contributed by atoms with E-state index in [-0.39, 0.29) is 9.80 Å². The van der Waals surface area contributed by atoms with Crippen LogP contribution in [0.1, 0.15) is 16.7 Å². The molecule has 1 aromatic heterocycles. The van der Waals surface area contributed by atoms with E-state index < -0.39 is 9.84 Å². The molecule has 0 aliphatic carbocycles. The largest absolute Gasteiger partial charge is 0.218 e. The summed E-state index contributed by atoms with van der Waals surface area (Å²) in [5, 5.41) is 9.63. The van der Waals surface area contributed by atoms with Crippen molar-refractivity contribution in [2.45, 2.75) is 18.2 Å². The van der Waals surface area contributed by atoms with Gasteiger partial charge in [-0.3, -0.25) is 0 Å². The molecule has 0 saturated heterocycles. The van der Waals surface area contributed by atoms with E-state index in [0.29, 0.717) is 5.02 Å². The maximum atomic E-state index is 12.4. The number of hydrogen-bond donors (Lipinski definition) is 0. The molecule has 0 aliphatic rings. The number of nitrogens with zero attached hydrogens (tertiary/aromatic N) is 1. The van der Waals surface area contributed by atoms with Gasteiger partial charge in [0, 0.05) is 14.8 Å². The second kappa shape index (κ2) is 6.44. The summed E-state index contributed by atoms with van der Waals surface area (Å²) in [7, 11) is -3.82. The number of nitriles is 1. The highest BCUT2D eigenvalue weighted by molar-refractivity contribution is 7.95. The average Bonchev–Trinajstić information content (AvgIpc) is 2.92. The normalized spacial score (nSPS) is 12.1. The summed E-state index contributed by atoms with van der Waals surface area (Å²) in [6.07, 6.45) is 2.29. The highest BCUT2D eigenvalue weighted by Crippen LogP contribution is 2.25. The van der Waals surface area contributed by atoms with Crippen molar-refractivity contribution >= 4 is 38.9 Å². The maximum absolute atomic E-state index is 12.4. The minimum atomic E-state index is -3.82. The standard InChI is InChI=1S/C15H12ClNO2S2/c1-2-12-5-6-13(20-12)9-15(10-17)21(18,19)14-7-3-11(16)4-8-14/h3-9H,2H2,1H3/b15-9+. The Morgan fingerprint density at radius 3 is 2.48 bits per heavy atom. The third-order valence-corrected chi connectivity index (χ3v) is 5.94. The molecule has 0 spiro atoms. The first-order chi connectivity index (χ1) is 9.97. The topological polar surface area (TPSA) is 57.9 Å². The number of thiophene rings is 1. The fourth-order valence-corrected chi connectivity index (χ4v) is 3.95. The number of benzene rings is 1. The van der Waals surface area contributed by atoms with Crippen LogP contribution in [0.2, 0.25) is 5.02 Å². The molecule has 3 nitrogen and oxygen atoms in total. The minimum Gasteiger partial charge on any atom is -0.218 e. The van der Waals surface area contributed by atoms with Gasteiger partial charge in [0.05, 0.1) is 4.90 Å². The number of hydrogen-bond acceptors (Lipinski definition) is 4. The molecular weight excluding hydrogens is 326 g/mol. The Hall–Kier alpha value is -1.61. The van der Waals surface area contributed by atoms with Gasteiger partial charge in [-0.25, -0.2) is 8.42 Å². The number of rotatable bonds is 4. The summed E-state index contributed by atoms with van der Waals surface area (Å²) in [5.41, 5.74) is 0. The van der Waals surface area contributed by atoms with E-state index in [4.69, 9.17) is 11.6 Å². The number of aryl methyl sites for hydroxylation is 1. The summed E-state index contributed by atoms with van der Waals surface area (Å²) in [6, 6.07) is 11.3. The van der Waals surface area contributed by atoms with Crippen molar-refractivity contribution in [3.05, 3.63) is 56.1 Å². The van der Waals surface area contributed by atoms with Crippen molar-refractivity contribution in [3.8, 4) is 6.07 Å². The van der Waals surface area contributed by atoms with E-state index in [1.165, 1.54) is 41.7 Å². The fraction of sp³-hybridized carbons (Fsp3) is 0.133. The minimum absolute atomic E-state index is 0.0620. The summed E-state index contributed by atoms with van der Waals surface area (Å²) in [4.78, 5) is 1.68. The Morgan fingerprint density at radius 1 is 1.29 bits per heavy atom. The Kier molecular flexibility index (Phi) is 4.84. The van der Waals surface area contributed by atoms with E-state index in [1.54, 1.807) is 6.07 Å². The van der Waals surface area contributed by atoms with Gasteiger partial charge in [-0.15, -0.1) is 11.3 Å². The molecule has 0 unspecified atom stereocenters. The molecule has 2 aromatic rings. The maximum Gasteiger partial charge on any atom is 0.216 e. The van der Waals surface area contributed by atoms with Crippen LogP contribution in [0.4, 0.5) is 0 Å². The van der Waals surface area contributed by atoms with E-state index in [0.717, 1.165) is 16.2 Å². The van der Waals surface area contributed by atoms with Gasteiger partial charge in [-0.05, 0) is 48.9 Å². The van der Waals surface area contributed by atoms with Gasteiger partial charge < -0.3 is 0 Å². The van der Waals surface area contributed by atoms with Crippen molar-refractivity contribution in [2.75, 3.05) is 0 Å². The van der Waals surface area contributed by atoms with E-state index in [9.17, 15) is 13.7 Å². The summed E-state index contributed by atoms with van der Waals surface area (Å²) in [6.45, 7) is 2.02. The zero-order valence-electron chi connectivity index (χ0n) is 11.2. The van der Waals surface area contributed by atoms with Crippen LogP contribution in [0.15, 0.2) is 46.2 Å². The van der Waals surface area contributed by atoms with Crippen LogP contribution < -0.4 is 0 Å². The van der Waals surface area contributed by atoms with E-state index >= 15 is 0 Å². The lowest BCUT2D eigenvalue weighted by Crippen LogP contribution is -2.03. The molecule has 0 bridgehead atoms. The van der Waals surface area contributed by atoms with Crippen molar-refractivity contribution < 1.29 is 8.42 Å². The number of sulfone groups is 1. The summed E-state index contributed by atoms with van der Waals surface area (Å²) in [5.74, 6) is 0. The number of allylic oxidation sites excluding steroid dienone is 1. The molecule has 0 amide bonds. The smallest absolute Gasteiger partial charge is 0.216 e. The molecule has 108 valence electrons. The Labute approximate surface area is 133 Å². The van der Waals surface area contributed by atoms with E-state index in [1.807, 2.05) is 19.1 Å². The van der Waals surface area contributed by atoms with Crippen LogP contribution in [0, 0.1) is 11.3 Å². The zero-order chi connectivity index (χ0) is 15.5. The number of halogens is 1. The molecule has 0 aliphatic heterocycles. The highest BCUT2D eigenvalue weighted by Gasteiger charge is 2.20. The van der Waals surface area contributed by atoms with Crippen LogP contribution in [-0.2, 0) is 16.3 Å². The van der Waals surface area contributed by atoms with Crippen molar-refractivity contribution in [2.24, 2.45) is 0 Å². The lowest BCUT2D eigenvalue weighted by atomic mass is 10.3. The Bertz CT molecular complexity index is 812. The molecule has 6 heteroatoms. The first-order valence-electron chi connectivity index (χ1n) is 6.18. The second-order valence-electron chi connectivity index (χ2n) is 4.24. The van der Waals surface area contributed by atoms with Crippen molar-refractivity contribution in [1.82, 2.24) is 0 Å². The molecule has 1 aromatic carbocycles. The Balaban J connectivity index is 2.45. The third-order valence-electron chi connectivity index (χ3n) is 2.83. The fourth-order valence-electron chi connectivity index (χ4n) is 1.70. The van der Waals surface area contributed by atoms with Crippen LogP contribution in [-0.4, -0.2) is 8.42 Å². The van der Waals surface area contributed by atoms with Gasteiger partial charge in [-0.1, -0.05) is 18.5 Å². The van der Waals surface area contributed by atoms with Gasteiger partial charge in [-0.2, -0.15) is 5.26 Å². The predicted octanol–water partition coefficient (Wildman–Crippen LogP) is 4.30. The first kappa shape index (κ1) is 15.8.